The first-order chi connectivity index (χ1) is 7.91. The van der Waals surface area contributed by atoms with Gasteiger partial charge in [-0.15, -0.1) is 0 Å². The predicted octanol–water partition coefficient (Wildman–Crippen LogP) is 2.88. The van der Waals surface area contributed by atoms with Crippen molar-refractivity contribution in [1.82, 2.24) is 5.32 Å². The average molecular weight is 239 g/mol. The van der Waals surface area contributed by atoms with E-state index in [1.54, 1.807) is 12.1 Å². The molecule has 2 nitrogen and oxygen atoms in total. The van der Waals surface area contributed by atoms with E-state index >= 15 is 0 Å². The molecule has 0 radical (unpaired) electrons. The van der Waals surface area contributed by atoms with Gasteiger partial charge in [0.2, 0.25) is 0 Å². The highest BCUT2D eigenvalue weighted by Crippen LogP contribution is 2.18. The Hall–Kier alpha value is -0.930. The molecule has 0 amide bonds. The van der Waals surface area contributed by atoms with Crippen LogP contribution >= 0.6 is 0 Å². The first-order valence-electron chi connectivity index (χ1n) is 6.11. The average Bonchev–Trinajstić information content (AvgIpc) is 2.28. The number of hydrogen-bond acceptors (Lipinski definition) is 2. The van der Waals surface area contributed by atoms with E-state index in [1.807, 2.05) is 6.92 Å². The molecule has 0 saturated carbocycles. The number of halogens is 1. The summed E-state index contributed by atoms with van der Waals surface area (Å²) in [6, 6.07) is 6.27. The first kappa shape index (κ1) is 14.1. The molecule has 1 aromatic carbocycles. The van der Waals surface area contributed by atoms with E-state index < -0.39 is 6.10 Å². The van der Waals surface area contributed by atoms with Crippen LogP contribution in [0.3, 0.4) is 0 Å². The molecule has 1 aromatic rings. The summed E-state index contributed by atoms with van der Waals surface area (Å²) in [5.41, 5.74) is 0.738. The van der Waals surface area contributed by atoms with Gasteiger partial charge in [0.05, 0.1) is 6.10 Å². The van der Waals surface area contributed by atoms with Crippen molar-refractivity contribution in [3.8, 4) is 0 Å². The van der Waals surface area contributed by atoms with Gasteiger partial charge in [-0.2, -0.15) is 0 Å². The van der Waals surface area contributed by atoms with Gasteiger partial charge in [-0.1, -0.05) is 26.0 Å². The first-order valence-corrected chi connectivity index (χ1v) is 6.11. The summed E-state index contributed by atoms with van der Waals surface area (Å²) in [4.78, 5) is 0. The molecule has 96 valence electrons. The van der Waals surface area contributed by atoms with E-state index in [1.165, 1.54) is 12.1 Å². The monoisotopic (exact) mass is 239 g/mol. The van der Waals surface area contributed by atoms with Crippen molar-refractivity contribution in [2.45, 2.75) is 45.9 Å². The van der Waals surface area contributed by atoms with E-state index in [0.29, 0.717) is 12.0 Å². The number of aliphatic hydroxyl groups excluding tert-OH is 1. The summed E-state index contributed by atoms with van der Waals surface area (Å²) < 4.78 is 12.8. The quantitative estimate of drug-likeness (QED) is 0.828. The third-order valence-corrected chi connectivity index (χ3v) is 3.21. The molecule has 0 heterocycles. The van der Waals surface area contributed by atoms with Crippen molar-refractivity contribution in [1.29, 1.82) is 0 Å². The molecule has 0 spiro atoms. The molecule has 0 bridgehead atoms. The van der Waals surface area contributed by atoms with Gasteiger partial charge >= 0.3 is 0 Å². The molecule has 3 unspecified atom stereocenters. The normalized spacial score (nSPS) is 16.9. The fourth-order valence-electron chi connectivity index (χ4n) is 1.65. The maximum atomic E-state index is 12.8. The summed E-state index contributed by atoms with van der Waals surface area (Å²) in [7, 11) is 0. The van der Waals surface area contributed by atoms with Crippen LogP contribution in [0.5, 0.6) is 0 Å². The van der Waals surface area contributed by atoms with E-state index in [4.69, 9.17) is 0 Å². The van der Waals surface area contributed by atoms with E-state index in [-0.39, 0.29) is 11.9 Å². The van der Waals surface area contributed by atoms with Crippen LogP contribution < -0.4 is 5.32 Å². The third-order valence-electron chi connectivity index (χ3n) is 3.21. The molecular weight excluding hydrogens is 217 g/mol. The predicted molar refractivity (Wildman–Crippen MR) is 68.3 cm³/mol. The molecule has 3 heteroatoms. The SMILES string of the molecule is CC(C)C(C)NC(C)C(O)c1ccc(F)cc1. The zero-order chi connectivity index (χ0) is 13.0. The van der Waals surface area contributed by atoms with Crippen LogP contribution in [-0.4, -0.2) is 17.2 Å². The summed E-state index contributed by atoms with van der Waals surface area (Å²) in [6.07, 6.45) is -0.614. The van der Waals surface area contributed by atoms with Gasteiger partial charge in [0, 0.05) is 12.1 Å². The Labute approximate surface area is 103 Å². The highest BCUT2D eigenvalue weighted by atomic mass is 19.1. The molecule has 0 aliphatic heterocycles. The lowest BCUT2D eigenvalue weighted by Crippen LogP contribution is -2.41. The highest BCUT2D eigenvalue weighted by Gasteiger charge is 2.19. The lowest BCUT2D eigenvalue weighted by Gasteiger charge is -2.26. The Balaban J connectivity index is 2.63. The fourth-order valence-corrected chi connectivity index (χ4v) is 1.65. The number of aliphatic hydroxyl groups is 1. The molecule has 2 N–H and O–H groups in total. The largest absolute Gasteiger partial charge is 0.387 e. The Bertz CT molecular complexity index is 337. The topological polar surface area (TPSA) is 32.3 Å². The molecule has 17 heavy (non-hydrogen) atoms. The van der Waals surface area contributed by atoms with Crippen molar-refractivity contribution >= 4 is 0 Å². The van der Waals surface area contributed by atoms with Crippen molar-refractivity contribution in [2.24, 2.45) is 5.92 Å². The highest BCUT2D eigenvalue weighted by molar-refractivity contribution is 5.19. The number of hydrogen-bond donors (Lipinski definition) is 2. The zero-order valence-electron chi connectivity index (χ0n) is 10.9. The van der Waals surface area contributed by atoms with Crippen LogP contribution in [0.1, 0.15) is 39.4 Å². The summed E-state index contributed by atoms with van der Waals surface area (Å²) in [5.74, 6) is 0.231. The number of nitrogens with one attached hydrogen (secondary N) is 1. The Morgan fingerprint density at radius 2 is 1.53 bits per heavy atom. The van der Waals surface area contributed by atoms with Gasteiger partial charge in [0.25, 0.3) is 0 Å². The van der Waals surface area contributed by atoms with Crippen LogP contribution in [0.25, 0.3) is 0 Å². The molecule has 0 saturated heterocycles. The third kappa shape index (κ3) is 4.10. The fraction of sp³-hybridized carbons (Fsp3) is 0.571. The smallest absolute Gasteiger partial charge is 0.123 e. The standard InChI is InChI=1S/C14H22FNO/c1-9(2)10(3)16-11(4)14(17)12-5-7-13(15)8-6-12/h5-11,14,16-17H,1-4H3. The molecule has 0 aromatic heterocycles. The second-order valence-electron chi connectivity index (χ2n) is 4.98. The maximum Gasteiger partial charge on any atom is 0.123 e. The minimum absolute atomic E-state index is 0.0575. The molecule has 0 fully saturated rings. The van der Waals surface area contributed by atoms with Crippen molar-refractivity contribution in [3.05, 3.63) is 35.6 Å². The van der Waals surface area contributed by atoms with Gasteiger partial charge in [-0.3, -0.25) is 0 Å². The van der Waals surface area contributed by atoms with Crippen LogP contribution in [0.15, 0.2) is 24.3 Å². The summed E-state index contributed by atoms with van der Waals surface area (Å²) in [6.45, 7) is 8.30. The van der Waals surface area contributed by atoms with Crippen molar-refractivity contribution < 1.29 is 9.50 Å². The Kier molecular flexibility index (Phi) is 5.09. The van der Waals surface area contributed by atoms with Crippen LogP contribution in [0.2, 0.25) is 0 Å². The van der Waals surface area contributed by atoms with Crippen molar-refractivity contribution in [3.63, 3.8) is 0 Å². The lowest BCUT2D eigenvalue weighted by atomic mass is 10.0. The molecular formula is C14H22FNO. The lowest BCUT2D eigenvalue weighted by molar-refractivity contribution is 0.126. The molecule has 0 aliphatic carbocycles. The van der Waals surface area contributed by atoms with Crippen LogP contribution in [0, 0.1) is 11.7 Å². The van der Waals surface area contributed by atoms with Gasteiger partial charge in [0.1, 0.15) is 5.82 Å². The van der Waals surface area contributed by atoms with E-state index in [9.17, 15) is 9.50 Å². The number of rotatable bonds is 5. The van der Waals surface area contributed by atoms with Crippen LogP contribution in [0.4, 0.5) is 4.39 Å². The second-order valence-corrected chi connectivity index (χ2v) is 4.98. The Morgan fingerprint density at radius 3 is 2.00 bits per heavy atom. The zero-order valence-corrected chi connectivity index (χ0v) is 10.9. The minimum atomic E-state index is -0.614. The summed E-state index contributed by atoms with van der Waals surface area (Å²) >= 11 is 0. The van der Waals surface area contributed by atoms with E-state index in [2.05, 4.69) is 26.1 Å². The molecule has 1 rings (SSSR count). The van der Waals surface area contributed by atoms with Gasteiger partial charge in [0.15, 0.2) is 0 Å². The van der Waals surface area contributed by atoms with Gasteiger partial charge in [-0.25, -0.2) is 4.39 Å². The van der Waals surface area contributed by atoms with Crippen molar-refractivity contribution in [2.75, 3.05) is 0 Å². The minimum Gasteiger partial charge on any atom is -0.387 e. The number of benzene rings is 1. The molecule has 0 aliphatic rings. The van der Waals surface area contributed by atoms with E-state index in [0.717, 1.165) is 5.56 Å². The Morgan fingerprint density at radius 1 is 1.00 bits per heavy atom. The second kappa shape index (κ2) is 6.12. The van der Waals surface area contributed by atoms with Gasteiger partial charge in [-0.05, 0) is 37.5 Å². The summed E-state index contributed by atoms with van der Waals surface area (Å²) in [5, 5.41) is 13.5. The van der Waals surface area contributed by atoms with Gasteiger partial charge < -0.3 is 10.4 Å². The van der Waals surface area contributed by atoms with Crippen LogP contribution in [-0.2, 0) is 0 Å². The maximum absolute atomic E-state index is 12.8. The molecule has 3 atom stereocenters.